The quantitative estimate of drug-likeness (QED) is 0.230. The Morgan fingerprint density at radius 3 is 2.79 bits per heavy atom. The van der Waals surface area contributed by atoms with Crippen molar-refractivity contribution in [2.24, 2.45) is 0 Å². The van der Waals surface area contributed by atoms with Crippen molar-refractivity contribution in [3.05, 3.63) is 63.7 Å². The highest BCUT2D eigenvalue weighted by Gasteiger charge is 2.27. The first-order chi connectivity index (χ1) is 16.6. The zero-order valence-corrected chi connectivity index (χ0v) is 20.9. The fourth-order valence-corrected chi connectivity index (χ4v) is 4.17. The SMILES string of the molecule is COCCOc1ccc(C2COc3cc(Cn4cnc5cc(I)cnc54)cc(OC)c3O2)cn1. The van der Waals surface area contributed by atoms with Crippen LogP contribution in [0.25, 0.3) is 11.2 Å². The predicted molar refractivity (Wildman–Crippen MR) is 133 cm³/mol. The van der Waals surface area contributed by atoms with Crippen molar-refractivity contribution in [3.63, 3.8) is 0 Å². The van der Waals surface area contributed by atoms with Crippen LogP contribution in [0.1, 0.15) is 17.2 Å². The second kappa shape index (κ2) is 10.0. The van der Waals surface area contributed by atoms with Crippen LogP contribution in [-0.4, -0.2) is 53.6 Å². The van der Waals surface area contributed by atoms with Gasteiger partial charge in [0.05, 0.1) is 26.6 Å². The number of methoxy groups -OCH3 is 2. The van der Waals surface area contributed by atoms with Gasteiger partial charge in [-0.1, -0.05) is 0 Å². The number of halogens is 1. The molecule has 0 saturated heterocycles. The lowest BCUT2D eigenvalue weighted by Gasteiger charge is -2.28. The summed E-state index contributed by atoms with van der Waals surface area (Å²) < 4.78 is 31.6. The van der Waals surface area contributed by atoms with Crippen molar-refractivity contribution in [1.82, 2.24) is 19.5 Å². The molecule has 5 rings (SSSR count). The molecule has 0 fully saturated rings. The van der Waals surface area contributed by atoms with Gasteiger partial charge < -0.3 is 28.3 Å². The van der Waals surface area contributed by atoms with E-state index in [-0.39, 0.29) is 6.10 Å². The maximum Gasteiger partial charge on any atom is 0.213 e. The van der Waals surface area contributed by atoms with Crippen molar-refractivity contribution < 1.29 is 23.7 Å². The summed E-state index contributed by atoms with van der Waals surface area (Å²) in [4.78, 5) is 13.3. The molecule has 0 saturated carbocycles. The highest BCUT2D eigenvalue weighted by atomic mass is 127. The van der Waals surface area contributed by atoms with E-state index >= 15 is 0 Å². The summed E-state index contributed by atoms with van der Waals surface area (Å²) in [6.07, 6.45) is 5.05. The highest BCUT2D eigenvalue weighted by molar-refractivity contribution is 14.1. The lowest BCUT2D eigenvalue weighted by Crippen LogP contribution is -2.22. The molecule has 4 heterocycles. The molecule has 3 aromatic heterocycles. The van der Waals surface area contributed by atoms with Crippen molar-refractivity contribution in [2.45, 2.75) is 12.6 Å². The minimum atomic E-state index is -0.308. The van der Waals surface area contributed by atoms with Gasteiger partial charge in [-0.3, -0.25) is 0 Å². The Kier molecular flexibility index (Phi) is 6.68. The topological polar surface area (TPSA) is 89.8 Å². The van der Waals surface area contributed by atoms with Gasteiger partial charge in [-0.25, -0.2) is 15.0 Å². The van der Waals surface area contributed by atoms with Crippen LogP contribution in [0.15, 0.2) is 49.1 Å². The summed E-state index contributed by atoms with van der Waals surface area (Å²) in [6.45, 7) is 1.89. The minimum absolute atomic E-state index is 0.308. The summed E-state index contributed by atoms with van der Waals surface area (Å²) in [5, 5.41) is 0. The van der Waals surface area contributed by atoms with Crippen molar-refractivity contribution in [3.8, 4) is 23.1 Å². The zero-order chi connectivity index (χ0) is 23.5. The number of pyridine rings is 2. The molecule has 1 aliphatic heterocycles. The first kappa shape index (κ1) is 22.7. The largest absolute Gasteiger partial charge is 0.493 e. The smallest absolute Gasteiger partial charge is 0.213 e. The van der Waals surface area contributed by atoms with Gasteiger partial charge in [0, 0.05) is 34.7 Å². The Hall–Kier alpha value is -3.12. The number of rotatable bonds is 8. The molecule has 0 N–H and O–H groups in total. The summed E-state index contributed by atoms with van der Waals surface area (Å²) >= 11 is 2.23. The predicted octanol–water partition coefficient (Wildman–Crippen LogP) is 4.03. The van der Waals surface area contributed by atoms with E-state index in [2.05, 4.69) is 37.5 Å². The van der Waals surface area contributed by atoms with E-state index in [1.807, 2.05) is 41.1 Å². The minimum Gasteiger partial charge on any atom is -0.493 e. The van der Waals surface area contributed by atoms with Gasteiger partial charge in [-0.15, -0.1) is 0 Å². The lowest BCUT2D eigenvalue weighted by molar-refractivity contribution is 0.0866. The Bertz CT molecular complexity index is 1280. The molecule has 4 aromatic rings. The molecule has 0 spiro atoms. The molecule has 0 aliphatic carbocycles. The van der Waals surface area contributed by atoms with Crippen LogP contribution in [0.4, 0.5) is 0 Å². The van der Waals surface area contributed by atoms with Crippen LogP contribution in [0, 0.1) is 3.57 Å². The van der Waals surface area contributed by atoms with Crippen molar-refractivity contribution >= 4 is 33.8 Å². The van der Waals surface area contributed by atoms with E-state index in [9.17, 15) is 0 Å². The molecule has 1 unspecified atom stereocenters. The van der Waals surface area contributed by atoms with Gasteiger partial charge in [0.15, 0.2) is 23.3 Å². The summed E-state index contributed by atoms with van der Waals surface area (Å²) in [6, 6.07) is 9.67. The summed E-state index contributed by atoms with van der Waals surface area (Å²) in [7, 11) is 3.25. The van der Waals surface area contributed by atoms with Crippen LogP contribution in [0.2, 0.25) is 0 Å². The third-order valence-corrected chi connectivity index (χ3v) is 5.98. The Morgan fingerprint density at radius 2 is 2.00 bits per heavy atom. The van der Waals surface area contributed by atoms with E-state index in [0.717, 1.165) is 25.9 Å². The Labute approximate surface area is 210 Å². The number of hydrogen-bond donors (Lipinski definition) is 0. The molecule has 9 nitrogen and oxygen atoms in total. The van der Waals surface area contributed by atoms with Gasteiger partial charge >= 0.3 is 0 Å². The Balaban J connectivity index is 1.34. The molecule has 1 atom stereocenters. The van der Waals surface area contributed by atoms with Crippen molar-refractivity contribution in [1.29, 1.82) is 0 Å². The van der Waals surface area contributed by atoms with Crippen molar-refractivity contribution in [2.75, 3.05) is 34.0 Å². The van der Waals surface area contributed by atoms with Gasteiger partial charge in [-0.2, -0.15) is 0 Å². The molecule has 10 heteroatoms. The first-order valence-corrected chi connectivity index (χ1v) is 11.8. The average Bonchev–Trinajstić information content (AvgIpc) is 3.25. The number of aromatic nitrogens is 4. The van der Waals surface area contributed by atoms with Crippen LogP contribution >= 0.6 is 22.6 Å². The highest BCUT2D eigenvalue weighted by Crippen LogP contribution is 2.44. The molecule has 1 aliphatic rings. The van der Waals surface area contributed by atoms with Crippen LogP contribution in [0.5, 0.6) is 23.1 Å². The summed E-state index contributed by atoms with van der Waals surface area (Å²) in [5.74, 6) is 2.36. The maximum absolute atomic E-state index is 6.27. The normalized spacial score (nSPS) is 14.9. The molecular formula is C24H23IN4O5. The van der Waals surface area contributed by atoms with Gasteiger partial charge in [0.2, 0.25) is 11.6 Å². The first-order valence-electron chi connectivity index (χ1n) is 10.7. The van der Waals surface area contributed by atoms with Gasteiger partial charge in [0.1, 0.15) is 18.7 Å². The molecule has 34 heavy (non-hydrogen) atoms. The third-order valence-electron chi connectivity index (χ3n) is 5.39. The monoisotopic (exact) mass is 574 g/mol. The second-order valence-corrected chi connectivity index (χ2v) is 8.93. The number of nitrogens with zero attached hydrogens (tertiary/aromatic N) is 4. The lowest BCUT2D eigenvalue weighted by atomic mass is 10.1. The molecule has 1 aromatic carbocycles. The molecule has 0 bridgehead atoms. The second-order valence-electron chi connectivity index (χ2n) is 7.68. The Morgan fingerprint density at radius 1 is 1.09 bits per heavy atom. The number of fused-ring (bicyclic) bond motifs is 2. The fraction of sp³-hybridized carbons (Fsp3) is 0.292. The van der Waals surface area contributed by atoms with E-state index in [1.54, 1.807) is 26.7 Å². The maximum atomic E-state index is 6.27. The number of benzene rings is 1. The van der Waals surface area contributed by atoms with Gasteiger partial charge in [-0.05, 0) is 52.4 Å². The molecular weight excluding hydrogens is 551 g/mol. The average molecular weight is 574 g/mol. The van der Waals surface area contributed by atoms with E-state index in [4.69, 9.17) is 23.7 Å². The number of ether oxygens (including phenoxy) is 5. The van der Waals surface area contributed by atoms with Gasteiger partial charge in [0.25, 0.3) is 0 Å². The van der Waals surface area contributed by atoms with Crippen LogP contribution in [0.3, 0.4) is 0 Å². The zero-order valence-electron chi connectivity index (χ0n) is 18.7. The fourth-order valence-electron chi connectivity index (χ4n) is 3.74. The summed E-state index contributed by atoms with van der Waals surface area (Å²) in [5.41, 5.74) is 3.58. The standard InChI is InChI=1S/C24H23IN4O5/c1-30-5-6-32-22-4-3-16(10-26-22)21-13-33-20-8-15(7-19(31-2)23(20)34-21)12-29-14-28-18-9-17(25)11-27-24(18)29/h3-4,7-11,14,21H,5-6,12-13H2,1-2H3. The molecule has 176 valence electrons. The number of imidazole rings is 1. The van der Waals surface area contributed by atoms with E-state index < -0.39 is 0 Å². The van der Waals surface area contributed by atoms with E-state index in [1.165, 1.54) is 0 Å². The molecule has 0 amide bonds. The third kappa shape index (κ3) is 4.73. The van der Waals surface area contributed by atoms with Crippen LogP contribution < -0.4 is 18.9 Å². The number of hydrogen-bond acceptors (Lipinski definition) is 8. The molecule has 0 radical (unpaired) electrons. The van der Waals surface area contributed by atoms with E-state index in [0.29, 0.717) is 49.5 Å². The van der Waals surface area contributed by atoms with Crippen LogP contribution in [-0.2, 0) is 11.3 Å².